The number of hydrogen-bond donors (Lipinski definition) is 1. The maximum absolute atomic E-state index is 11.6. The highest BCUT2D eigenvalue weighted by Crippen LogP contribution is 2.23. The molecule has 0 bridgehead atoms. The van der Waals surface area contributed by atoms with Crippen molar-refractivity contribution in [3.05, 3.63) is 28.2 Å². The van der Waals surface area contributed by atoms with Crippen molar-refractivity contribution in [3.8, 4) is 12.3 Å². The largest absolute Gasteiger partial charge is 0.325 e. The second-order valence-electron chi connectivity index (χ2n) is 3.94. The van der Waals surface area contributed by atoms with E-state index in [1.807, 2.05) is 25.1 Å². The number of anilines is 1. The molecule has 1 amide bonds. The molecule has 1 aromatic rings. The molecule has 1 aromatic carbocycles. The molecule has 0 saturated heterocycles. The van der Waals surface area contributed by atoms with E-state index in [0.29, 0.717) is 6.42 Å². The molecule has 0 spiro atoms. The van der Waals surface area contributed by atoms with Crippen molar-refractivity contribution < 1.29 is 4.79 Å². The van der Waals surface area contributed by atoms with E-state index in [4.69, 9.17) is 6.42 Å². The highest BCUT2D eigenvalue weighted by Gasteiger charge is 2.05. The summed E-state index contributed by atoms with van der Waals surface area (Å²) in [6.07, 6.45) is 8.13. The third kappa shape index (κ3) is 5.06. The summed E-state index contributed by atoms with van der Waals surface area (Å²) in [5, 5.41) is 2.88. The molecule has 0 saturated carbocycles. The fraction of sp³-hybridized carbons (Fsp3) is 0.357. The average Bonchev–Trinajstić information content (AvgIpc) is 2.28. The molecule has 0 aliphatic carbocycles. The van der Waals surface area contributed by atoms with Crippen LogP contribution in [0.1, 0.15) is 31.2 Å². The number of hydrogen-bond acceptors (Lipinski definition) is 1. The van der Waals surface area contributed by atoms with Gasteiger partial charge in [-0.1, -0.05) is 6.07 Å². The van der Waals surface area contributed by atoms with E-state index in [1.165, 1.54) is 0 Å². The van der Waals surface area contributed by atoms with Gasteiger partial charge in [-0.15, -0.1) is 12.3 Å². The monoisotopic (exact) mass is 293 g/mol. The first-order valence-corrected chi connectivity index (χ1v) is 6.42. The molecule has 17 heavy (non-hydrogen) atoms. The number of benzene rings is 1. The van der Waals surface area contributed by atoms with Gasteiger partial charge in [0.2, 0.25) is 5.91 Å². The molecule has 0 aliphatic rings. The second-order valence-corrected chi connectivity index (χ2v) is 4.80. The Balaban J connectivity index is 2.43. The number of halogens is 1. The van der Waals surface area contributed by atoms with Crippen molar-refractivity contribution >= 4 is 27.5 Å². The van der Waals surface area contributed by atoms with Gasteiger partial charge in [-0.2, -0.15) is 0 Å². The maximum atomic E-state index is 11.6. The Labute approximate surface area is 111 Å². The number of nitrogens with one attached hydrogen (secondary N) is 1. The van der Waals surface area contributed by atoms with Crippen LogP contribution in [0.4, 0.5) is 5.69 Å². The molecule has 90 valence electrons. The summed E-state index contributed by atoms with van der Waals surface area (Å²) in [6, 6.07) is 5.85. The van der Waals surface area contributed by atoms with Gasteiger partial charge < -0.3 is 5.32 Å². The summed E-state index contributed by atoms with van der Waals surface area (Å²) in [4.78, 5) is 11.6. The summed E-state index contributed by atoms with van der Waals surface area (Å²) >= 11 is 3.43. The van der Waals surface area contributed by atoms with Crippen LogP contribution in [0.2, 0.25) is 0 Å². The van der Waals surface area contributed by atoms with Crippen LogP contribution in [-0.2, 0) is 4.79 Å². The molecule has 0 aliphatic heterocycles. The molecule has 0 aromatic heterocycles. The quantitative estimate of drug-likeness (QED) is 0.648. The van der Waals surface area contributed by atoms with E-state index < -0.39 is 0 Å². The predicted molar refractivity (Wildman–Crippen MR) is 74.8 cm³/mol. The van der Waals surface area contributed by atoms with Gasteiger partial charge in [-0.05, 0) is 53.4 Å². The lowest BCUT2D eigenvalue weighted by atomic mass is 10.2. The Kier molecular flexibility index (Phi) is 5.79. The lowest BCUT2D eigenvalue weighted by molar-refractivity contribution is -0.116. The van der Waals surface area contributed by atoms with E-state index in [9.17, 15) is 4.79 Å². The number of amides is 1. The maximum Gasteiger partial charge on any atom is 0.224 e. The SMILES string of the molecule is C#CCCCCC(=O)Nc1ccc(C)cc1Br. The molecule has 0 radical (unpaired) electrons. The lowest BCUT2D eigenvalue weighted by Crippen LogP contribution is -2.11. The molecule has 1 rings (SSSR count). The van der Waals surface area contributed by atoms with E-state index in [0.717, 1.165) is 35.0 Å². The fourth-order valence-electron chi connectivity index (χ4n) is 1.45. The van der Waals surface area contributed by atoms with Gasteiger partial charge in [0.25, 0.3) is 0 Å². The Hall–Kier alpha value is -1.27. The number of rotatable bonds is 5. The molecule has 0 heterocycles. The van der Waals surface area contributed by atoms with E-state index in [1.54, 1.807) is 0 Å². The van der Waals surface area contributed by atoms with Crippen LogP contribution in [-0.4, -0.2) is 5.91 Å². The van der Waals surface area contributed by atoms with Gasteiger partial charge in [-0.3, -0.25) is 4.79 Å². The Morgan fingerprint density at radius 3 is 2.88 bits per heavy atom. The van der Waals surface area contributed by atoms with Crippen LogP contribution >= 0.6 is 15.9 Å². The second kappa shape index (κ2) is 7.13. The minimum Gasteiger partial charge on any atom is -0.325 e. The van der Waals surface area contributed by atoms with Gasteiger partial charge in [0.1, 0.15) is 0 Å². The van der Waals surface area contributed by atoms with Crippen molar-refractivity contribution in [1.82, 2.24) is 0 Å². The number of unbranched alkanes of at least 4 members (excludes halogenated alkanes) is 2. The van der Waals surface area contributed by atoms with E-state index in [2.05, 4.69) is 27.2 Å². The predicted octanol–water partition coefficient (Wildman–Crippen LogP) is 3.89. The van der Waals surface area contributed by atoms with Gasteiger partial charge in [0.05, 0.1) is 5.69 Å². The molecule has 0 unspecified atom stereocenters. The van der Waals surface area contributed by atoms with Crippen LogP contribution < -0.4 is 5.32 Å². The summed E-state index contributed by atoms with van der Waals surface area (Å²) in [7, 11) is 0. The van der Waals surface area contributed by atoms with Crippen molar-refractivity contribution in [2.75, 3.05) is 5.32 Å². The Morgan fingerprint density at radius 2 is 2.24 bits per heavy atom. The molecule has 0 fully saturated rings. The van der Waals surface area contributed by atoms with Crippen molar-refractivity contribution in [1.29, 1.82) is 0 Å². The number of terminal acetylenes is 1. The average molecular weight is 294 g/mol. The third-order valence-corrected chi connectivity index (χ3v) is 3.03. The zero-order valence-corrected chi connectivity index (χ0v) is 11.5. The summed E-state index contributed by atoms with van der Waals surface area (Å²) in [5.41, 5.74) is 1.97. The summed E-state index contributed by atoms with van der Waals surface area (Å²) < 4.78 is 0.912. The van der Waals surface area contributed by atoms with Gasteiger partial charge >= 0.3 is 0 Å². The Morgan fingerprint density at radius 1 is 1.47 bits per heavy atom. The van der Waals surface area contributed by atoms with E-state index >= 15 is 0 Å². The molecule has 1 N–H and O–H groups in total. The van der Waals surface area contributed by atoms with Crippen molar-refractivity contribution in [2.24, 2.45) is 0 Å². The highest BCUT2D eigenvalue weighted by atomic mass is 79.9. The molecular weight excluding hydrogens is 278 g/mol. The first-order chi connectivity index (χ1) is 8.13. The molecule has 2 nitrogen and oxygen atoms in total. The number of carbonyl (C=O) groups excluding carboxylic acids is 1. The normalized spacial score (nSPS) is 9.71. The molecular formula is C14H16BrNO. The van der Waals surface area contributed by atoms with Crippen molar-refractivity contribution in [2.45, 2.75) is 32.6 Å². The van der Waals surface area contributed by atoms with Gasteiger partial charge in [0, 0.05) is 17.3 Å². The molecule has 0 atom stereocenters. The van der Waals surface area contributed by atoms with Crippen LogP contribution in [0.3, 0.4) is 0 Å². The lowest BCUT2D eigenvalue weighted by Gasteiger charge is -2.07. The van der Waals surface area contributed by atoms with Crippen LogP contribution in [0, 0.1) is 19.3 Å². The first kappa shape index (κ1) is 13.8. The summed E-state index contributed by atoms with van der Waals surface area (Å²) in [5.74, 6) is 2.60. The minimum atomic E-state index is 0.0339. The number of carbonyl (C=O) groups is 1. The van der Waals surface area contributed by atoms with E-state index in [-0.39, 0.29) is 5.91 Å². The topological polar surface area (TPSA) is 29.1 Å². The van der Waals surface area contributed by atoms with Crippen molar-refractivity contribution in [3.63, 3.8) is 0 Å². The van der Waals surface area contributed by atoms with Gasteiger partial charge in [-0.25, -0.2) is 0 Å². The summed E-state index contributed by atoms with van der Waals surface area (Å²) in [6.45, 7) is 2.01. The highest BCUT2D eigenvalue weighted by molar-refractivity contribution is 9.10. The Bertz CT molecular complexity index is 434. The first-order valence-electron chi connectivity index (χ1n) is 5.63. The molecule has 3 heteroatoms. The smallest absolute Gasteiger partial charge is 0.224 e. The van der Waals surface area contributed by atoms with Crippen LogP contribution in [0.15, 0.2) is 22.7 Å². The zero-order valence-electron chi connectivity index (χ0n) is 9.92. The third-order valence-electron chi connectivity index (χ3n) is 2.37. The van der Waals surface area contributed by atoms with Crippen LogP contribution in [0.25, 0.3) is 0 Å². The minimum absolute atomic E-state index is 0.0339. The van der Waals surface area contributed by atoms with Crippen LogP contribution in [0.5, 0.6) is 0 Å². The standard InChI is InChI=1S/C14H16BrNO/c1-3-4-5-6-7-14(17)16-13-9-8-11(2)10-12(13)15/h1,8-10H,4-7H2,2H3,(H,16,17). The fourth-order valence-corrected chi connectivity index (χ4v) is 2.04. The zero-order chi connectivity index (χ0) is 12.7. The number of aryl methyl sites for hydroxylation is 1. The van der Waals surface area contributed by atoms with Gasteiger partial charge in [0.15, 0.2) is 0 Å².